The van der Waals surface area contributed by atoms with Gasteiger partial charge in [0.2, 0.25) is 0 Å². The highest BCUT2D eigenvalue weighted by molar-refractivity contribution is 6.07. The minimum atomic E-state index is -0.793. The molecule has 21 heavy (non-hydrogen) atoms. The Bertz CT molecular complexity index is 731. The lowest BCUT2D eigenvalue weighted by Crippen LogP contribution is -2.15. The van der Waals surface area contributed by atoms with Gasteiger partial charge in [-0.15, -0.1) is 0 Å². The molecule has 0 atom stereocenters. The number of rotatable bonds is 3. The van der Waals surface area contributed by atoms with Crippen molar-refractivity contribution in [1.29, 1.82) is 0 Å². The van der Waals surface area contributed by atoms with E-state index in [0.29, 0.717) is 0 Å². The van der Waals surface area contributed by atoms with Gasteiger partial charge in [-0.25, -0.2) is 4.39 Å². The molecule has 7 heteroatoms. The predicted molar refractivity (Wildman–Crippen MR) is 76.6 cm³/mol. The van der Waals surface area contributed by atoms with Gasteiger partial charge in [0, 0.05) is 11.8 Å². The Labute approximate surface area is 119 Å². The Morgan fingerprint density at radius 1 is 1.29 bits per heavy atom. The maximum atomic E-state index is 13.6. The summed E-state index contributed by atoms with van der Waals surface area (Å²) in [5.74, 6) is -1.42. The molecule has 2 aromatic rings. The van der Waals surface area contributed by atoms with Gasteiger partial charge in [-0.05, 0) is 36.8 Å². The molecule has 0 saturated heterocycles. The number of nitrogens with zero attached hydrogens (tertiary/aromatic N) is 1. The minimum Gasteiger partial charge on any atom is -0.399 e. The van der Waals surface area contributed by atoms with Crippen LogP contribution in [0.15, 0.2) is 36.4 Å². The van der Waals surface area contributed by atoms with Crippen LogP contribution in [0.25, 0.3) is 0 Å². The van der Waals surface area contributed by atoms with Crippen LogP contribution in [0.5, 0.6) is 0 Å². The van der Waals surface area contributed by atoms with Gasteiger partial charge in [0.1, 0.15) is 11.4 Å². The van der Waals surface area contributed by atoms with Crippen LogP contribution in [-0.4, -0.2) is 10.8 Å². The van der Waals surface area contributed by atoms with Crippen LogP contribution in [0, 0.1) is 22.9 Å². The fourth-order valence-electron chi connectivity index (χ4n) is 1.82. The van der Waals surface area contributed by atoms with E-state index < -0.39 is 22.3 Å². The first-order chi connectivity index (χ1) is 9.88. The van der Waals surface area contributed by atoms with Crippen molar-refractivity contribution in [2.45, 2.75) is 6.92 Å². The normalized spacial score (nSPS) is 10.2. The SMILES string of the molecule is Cc1ccc(F)c(NC(=O)c2cc(N)ccc2[N+](=O)[O-])c1. The second-order valence-electron chi connectivity index (χ2n) is 4.47. The lowest BCUT2D eigenvalue weighted by Gasteiger charge is -2.08. The van der Waals surface area contributed by atoms with Crippen LogP contribution in [0.2, 0.25) is 0 Å². The largest absolute Gasteiger partial charge is 0.399 e. The Kier molecular flexibility index (Phi) is 3.84. The van der Waals surface area contributed by atoms with Crippen molar-refractivity contribution in [3.63, 3.8) is 0 Å². The molecular formula is C14H12FN3O3. The average Bonchev–Trinajstić information content (AvgIpc) is 2.42. The van der Waals surface area contributed by atoms with Crippen molar-refractivity contribution < 1.29 is 14.1 Å². The number of carbonyl (C=O) groups excluding carboxylic acids is 1. The number of amides is 1. The van der Waals surface area contributed by atoms with Crippen LogP contribution in [0.4, 0.5) is 21.5 Å². The molecule has 0 aromatic heterocycles. The smallest absolute Gasteiger partial charge is 0.282 e. The standard InChI is InChI=1S/C14H12FN3O3/c1-8-2-4-11(15)12(6-8)17-14(19)10-7-9(16)3-5-13(10)18(20)21/h2-7H,16H2,1H3,(H,17,19). The zero-order valence-corrected chi connectivity index (χ0v) is 11.1. The molecule has 0 bridgehead atoms. The van der Waals surface area contributed by atoms with Crippen LogP contribution in [0.1, 0.15) is 15.9 Å². The third kappa shape index (κ3) is 3.14. The van der Waals surface area contributed by atoms with E-state index in [0.717, 1.165) is 11.6 Å². The summed E-state index contributed by atoms with van der Waals surface area (Å²) in [6.07, 6.45) is 0. The summed E-state index contributed by atoms with van der Waals surface area (Å²) in [5.41, 5.74) is 5.82. The van der Waals surface area contributed by atoms with Gasteiger partial charge in [-0.2, -0.15) is 0 Å². The molecule has 1 amide bonds. The molecular weight excluding hydrogens is 277 g/mol. The van der Waals surface area contributed by atoms with E-state index >= 15 is 0 Å². The first-order valence-corrected chi connectivity index (χ1v) is 6.00. The molecule has 0 heterocycles. The Morgan fingerprint density at radius 2 is 2.00 bits per heavy atom. The second kappa shape index (κ2) is 5.58. The molecule has 108 valence electrons. The van der Waals surface area contributed by atoms with Gasteiger partial charge in [0.05, 0.1) is 10.6 Å². The second-order valence-corrected chi connectivity index (χ2v) is 4.47. The maximum Gasteiger partial charge on any atom is 0.282 e. The van der Waals surface area contributed by atoms with Crippen molar-refractivity contribution in [3.8, 4) is 0 Å². The summed E-state index contributed by atoms with van der Waals surface area (Å²) >= 11 is 0. The minimum absolute atomic E-state index is 0.0447. The van der Waals surface area contributed by atoms with E-state index in [1.165, 1.54) is 24.3 Å². The highest BCUT2D eigenvalue weighted by Gasteiger charge is 2.21. The number of halogens is 1. The summed E-state index contributed by atoms with van der Waals surface area (Å²) in [6.45, 7) is 1.73. The summed E-state index contributed by atoms with van der Waals surface area (Å²) in [4.78, 5) is 22.3. The Hall–Kier alpha value is -2.96. The van der Waals surface area contributed by atoms with Crippen molar-refractivity contribution in [1.82, 2.24) is 0 Å². The highest BCUT2D eigenvalue weighted by atomic mass is 19.1. The fraction of sp³-hybridized carbons (Fsp3) is 0.0714. The number of carbonyl (C=O) groups is 1. The number of hydrogen-bond donors (Lipinski definition) is 2. The van der Waals surface area contributed by atoms with Crippen molar-refractivity contribution in [2.75, 3.05) is 11.1 Å². The van der Waals surface area contributed by atoms with Gasteiger partial charge in [0.15, 0.2) is 0 Å². The van der Waals surface area contributed by atoms with Crippen LogP contribution in [-0.2, 0) is 0 Å². The number of nitrogen functional groups attached to an aromatic ring is 1. The van der Waals surface area contributed by atoms with E-state index in [-0.39, 0.29) is 16.9 Å². The molecule has 0 fully saturated rings. The van der Waals surface area contributed by atoms with E-state index in [9.17, 15) is 19.3 Å². The Balaban J connectivity index is 2.39. The van der Waals surface area contributed by atoms with Gasteiger partial charge >= 0.3 is 0 Å². The molecule has 2 rings (SSSR count). The van der Waals surface area contributed by atoms with E-state index in [1.54, 1.807) is 13.0 Å². The maximum absolute atomic E-state index is 13.6. The average molecular weight is 289 g/mol. The van der Waals surface area contributed by atoms with E-state index in [4.69, 9.17) is 5.73 Å². The number of anilines is 2. The predicted octanol–water partition coefficient (Wildman–Crippen LogP) is 2.88. The summed E-state index contributed by atoms with van der Waals surface area (Å²) in [5, 5.41) is 13.2. The first kappa shape index (κ1) is 14.4. The van der Waals surface area contributed by atoms with Crippen LogP contribution >= 0.6 is 0 Å². The van der Waals surface area contributed by atoms with Gasteiger partial charge in [0.25, 0.3) is 11.6 Å². The number of aryl methyl sites for hydroxylation is 1. The number of hydrogen-bond acceptors (Lipinski definition) is 4. The third-order valence-corrected chi connectivity index (χ3v) is 2.83. The quantitative estimate of drug-likeness (QED) is 0.515. The van der Waals surface area contributed by atoms with Crippen molar-refractivity contribution in [3.05, 3.63) is 63.5 Å². The molecule has 0 unspecified atom stereocenters. The molecule has 3 N–H and O–H groups in total. The number of nitrogens with two attached hydrogens (primary N) is 1. The summed E-state index contributed by atoms with van der Waals surface area (Å²) in [7, 11) is 0. The zero-order chi connectivity index (χ0) is 15.6. The van der Waals surface area contributed by atoms with Gasteiger partial charge in [-0.3, -0.25) is 14.9 Å². The van der Waals surface area contributed by atoms with Gasteiger partial charge in [-0.1, -0.05) is 6.07 Å². The highest BCUT2D eigenvalue weighted by Crippen LogP contribution is 2.23. The topological polar surface area (TPSA) is 98.3 Å². The summed E-state index contributed by atoms with van der Waals surface area (Å²) < 4.78 is 13.6. The lowest BCUT2D eigenvalue weighted by molar-refractivity contribution is -0.385. The number of benzene rings is 2. The molecule has 0 aliphatic heterocycles. The third-order valence-electron chi connectivity index (χ3n) is 2.83. The molecule has 6 nitrogen and oxygen atoms in total. The summed E-state index contributed by atoms with van der Waals surface area (Å²) in [6, 6.07) is 7.83. The molecule has 0 aliphatic carbocycles. The molecule has 0 radical (unpaired) electrons. The van der Waals surface area contributed by atoms with Gasteiger partial charge < -0.3 is 11.1 Å². The number of nitro groups is 1. The van der Waals surface area contributed by atoms with Crippen molar-refractivity contribution in [2.24, 2.45) is 0 Å². The monoisotopic (exact) mass is 289 g/mol. The van der Waals surface area contributed by atoms with E-state index in [1.807, 2.05) is 0 Å². The van der Waals surface area contributed by atoms with Crippen molar-refractivity contribution >= 4 is 23.0 Å². The molecule has 0 aliphatic rings. The molecule has 0 spiro atoms. The molecule has 2 aromatic carbocycles. The van der Waals surface area contributed by atoms with Crippen LogP contribution in [0.3, 0.4) is 0 Å². The first-order valence-electron chi connectivity index (χ1n) is 6.00. The number of nitrogens with one attached hydrogen (secondary N) is 1. The zero-order valence-electron chi connectivity index (χ0n) is 11.1. The Morgan fingerprint density at radius 3 is 2.67 bits per heavy atom. The number of nitro benzene ring substituents is 1. The van der Waals surface area contributed by atoms with Crippen LogP contribution < -0.4 is 11.1 Å². The van der Waals surface area contributed by atoms with E-state index in [2.05, 4.69) is 5.32 Å². The molecule has 0 saturated carbocycles. The fourth-order valence-corrected chi connectivity index (χ4v) is 1.82. The lowest BCUT2D eigenvalue weighted by atomic mass is 10.1.